The Kier molecular flexibility index (Phi) is 2.11. The standard InChI is InChI=1S/C11H12N4O/c16-10-6-8-7-12-4-5-15(8)11-9(14-10)2-1-3-13-11/h1-3,6,12H,4-5,7H2,(H,14,16). The predicted octanol–water partition coefficient (Wildman–Crippen LogP) is 0.327. The van der Waals surface area contributed by atoms with Gasteiger partial charge in [-0.3, -0.25) is 4.79 Å². The molecule has 0 radical (unpaired) electrons. The highest BCUT2D eigenvalue weighted by Gasteiger charge is 2.24. The van der Waals surface area contributed by atoms with E-state index >= 15 is 0 Å². The second kappa shape index (κ2) is 3.61. The first-order chi connectivity index (χ1) is 7.84. The van der Waals surface area contributed by atoms with Gasteiger partial charge in [-0.05, 0) is 12.1 Å². The number of hydrogen-bond donors (Lipinski definition) is 2. The van der Waals surface area contributed by atoms with Crippen LogP contribution < -0.4 is 15.5 Å². The van der Waals surface area contributed by atoms with Gasteiger partial charge in [0, 0.05) is 37.6 Å². The summed E-state index contributed by atoms with van der Waals surface area (Å²) in [5.74, 6) is 0.747. The molecule has 5 nitrogen and oxygen atoms in total. The van der Waals surface area contributed by atoms with Crippen molar-refractivity contribution < 1.29 is 4.79 Å². The predicted molar refractivity (Wildman–Crippen MR) is 61.2 cm³/mol. The number of anilines is 2. The van der Waals surface area contributed by atoms with Crippen LogP contribution in [0.15, 0.2) is 30.1 Å². The second-order valence-electron chi connectivity index (χ2n) is 3.83. The van der Waals surface area contributed by atoms with Gasteiger partial charge in [-0.25, -0.2) is 4.98 Å². The Labute approximate surface area is 93.2 Å². The number of pyridine rings is 1. The third-order valence-corrected chi connectivity index (χ3v) is 2.76. The molecule has 1 aromatic heterocycles. The summed E-state index contributed by atoms with van der Waals surface area (Å²) in [5.41, 5.74) is 1.75. The van der Waals surface area contributed by atoms with Crippen LogP contribution in [0.2, 0.25) is 0 Å². The summed E-state index contributed by atoms with van der Waals surface area (Å²) in [5, 5.41) is 6.08. The minimum atomic E-state index is -0.0875. The van der Waals surface area contributed by atoms with Crippen LogP contribution in [-0.2, 0) is 4.79 Å². The van der Waals surface area contributed by atoms with E-state index < -0.39 is 0 Å². The molecule has 0 bridgehead atoms. The van der Waals surface area contributed by atoms with Gasteiger partial charge in [-0.2, -0.15) is 0 Å². The lowest BCUT2D eigenvalue weighted by Crippen LogP contribution is -2.42. The molecule has 0 saturated carbocycles. The van der Waals surface area contributed by atoms with Gasteiger partial charge in [0.15, 0.2) is 5.82 Å². The average Bonchev–Trinajstić information content (AvgIpc) is 2.44. The molecular formula is C11H12N4O. The zero-order valence-electron chi connectivity index (χ0n) is 8.73. The number of nitrogens with one attached hydrogen (secondary N) is 2. The fraction of sp³-hybridized carbons (Fsp3) is 0.273. The molecule has 2 N–H and O–H groups in total. The Balaban J connectivity index is 2.12. The monoisotopic (exact) mass is 216 g/mol. The number of hydrogen-bond acceptors (Lipinski definition) is 4. The number of fused-ring (bicyclic) bond motifs is 3. The van der Waals surface area contributed by atoms with E-state index in [1.165, 1.54) is 0 Å². The van der Waals surface area contributed by atoms with Gasteiger partial charge in [0.1, 0.15) is 0 Å². The maximum atomic E-state index is 11.6. The SMILES string of the molecule is O=C1C=C2CNCCN2c2ncccc2N1. The molecule has 2 aliphatic heterocycles. The van der Waals surface area contributed by atoms with Crippen molar-refractivity contribution in [1.29, 1.82) is 0 Å². The van der Waals surface area contributed by atoms with Gasteiger partial charge in [0.25, 0.3) is 0 Å². The molecule has 82 valence electrons. The first kappa shape index (κ1) is 9.35. The summed E-state index contributed by atoms with van der Waals surface area (Å²) in [7, 11) is 0. The van der Waals surface area contributed by atoms with E-state index in [2.05, 4.69) is 20.5 Å². The zero-order valence-corrected chi connectivity index (χ0v) is 8.73. The van der Waals surface area contributed by atoms with E-state index in [-0.39, 0.29) is 5.91 Å². The number of aromatic nitrogens is 1. The number of rotatable bonds is 0. The highest BCUT2D eigenvalue weighted by atomic mass is 16.1. The third-order valence-electron chi connectivity index (χ3n) is 2.76. The van der Waals surface area contributed by atoms with Crippen molar-refractivity contribution in [3.05, 3.63) is 30.1 Å². The number of amides is 1. The first-order valence-electron chi connectivity index (χ1n) is 5.29. The van der Waals surface area contributed by atoms with Gasteiger partial charge in [-0.1, -0.05) is 0 Å². The number of carbonyl (C=O) groups is 1. The van der Waals surface area contributed by atoms with Crippen molar-refractivity contribution >= 4 is 17.4 Å². The Morgan fingerprint density at radius 3 is 3.31 bits per heavy atom. The molecule has 5 heteroatoms. The minimum absolute atomic E-state index is 0.0875. The summed E-state index contributed by atoms with van der Waals surface area (Å²) in [6.07, 6.45) is 3.38. The number of piperazine rings is 1. The molecule has 1 aromatic rings. The minimum Gasteiger partial charge on any atom is -0.326 e. The van der Waals surface area contributed by atoms with Crippen LogP contribution in [0.4, 0.5) is 11.5 Å². The highest BCUT2D eigenvalue weighted by Crippen LogP contribution is 2.28. The van der Waals surface area contributed by atoms with E-state index in [4.69, 9.17) is 0 Å². The van der Waals surface area contributed by atoms with E-state index in [0.717, 1.165) is 30.3 Å². The van der Waals surface area contributed by atoms with Crippen LogP contribution in [0, 0.1) is 0 Å². The Hall–Kier alpha value is -1.88. The van der Waals surface area contributed by atoms with Crippen molar-refractivity contribution in [3.63, 3.8) is 0 Å². The lowest BCUT2D eigenvalue weighted by molar-refractivity contribution is -0.111. The molecule has 0 aromatic carbocycles. The van der Waals surface area contributed by atoms with Crippen molar-refractivity contribution in [3.8, 4) is 0 Å². The maximum Gasteiger partial charge on any atom is 0.250 e. The molecule has 3 rings (SSSR count). The normalized spacial score (nSPS) is 19.1. The van der Waals surface area contributed by atoms with Crippen LogP contribution in [0.3, 0.4) is 0 Å². The van der Waals surface area contributed by atoms with Crippen LogP contribution in [0.5, 0.6) is 0 Å². The van der Waals surface area contributed by atoms with Crippen molar-refractivity contribution in [2.24, 2.45) is 0 Å². The maximum absolute atomic E-state index is 11.6. The van der Waals surface area contributed by atoms with Gasteiger partial charge < -0.3 is 15.5 Å². The Bertz CT molecular complexity index is 469. The van der Waals surface area contributed by atoms with Gasteiger partial charge in [0.05, 0.1) is 5.69 Å². The number of carbonyl (C=O) groups excluding carboxylic acids is 1. The topological polar surface area (TPSA) is 57.3 Å². The summed E-state index contributed by atoms with van der Waals surface area (Å²) < 4.78 is 0. The lowest BCUT2D eigenvalue weighted by atomic mass is 10.2. The van der Waals surface area contributed by atoms with Crippen molar-refractivity contribution in [2.75, 3.05) is 29.9 Å². The van der Waals surface area contributed by atoms with Gasteiger partial charge in [0.2, 0.25) is 5.91 Å². The Morgan fingerprint density at radius 1 is 1.44 bits per heavy atom. The summed E-state index contributed by atoms with van der Waals surface area (Å²) >= 11 is 0. The second-order valence-corrected chi connectivity index (χ2v) is 3.83. The van der Waals surface area contributed by atoms with E-state index in [0.29, 0.717) is 6.54 Å². The molecule has 0 spiro atoms. The van der Waals surface area contributed by atoms with E-state index in [1.807, 2.05) is 12.1 Å². The smallest absolute Gasteiger partial charge is 0.250 e. The highest BCUT2D eigenvalue weighted by molar-refractivity contribution is 6.03. The van der Waals surface area contributed by atoms with Crippen molar-refractivity contribution in [1.82, 2.24) is 10.3 Å². The zero-order chi connectivity index (χ0) is 11.0. The molecule has 1 fully saturated rings. The molecule has 3 heterocycles. The Morgan fingerprint density at radius 2 is 2.38 bits per heavy atom. The molecule has 1 amide bonds. The fourth-order valence-corrected chi connectivity index (χ4v) is 2.05. The van der Waals surface area contributed by atoms with Crippen LogP contribution in [-0.4, -0.2) is 30.5 Å². The fourth-order valence-electron chi connectivity index (χ4n) is 2.05. The molecule has 2 aliphatic rings. The third kappa shape index (κ3) is 1.45. The molecule has 1 saturated heterocycles. The average molecular weight is 216 g/mol. The summed E-state index contributed by atoms with van der Waals surface area (Å²) in [6.45, 7) is 2.45. The molecule has 16 heavy (non-hydrogen) atoms. The molecule has 0 aliphatic carbocycles. The summed E-state index contributed by atoms with van der Waals surface area (Å²) in [4.78, 5) is 18.1. The summed E-state index contributed by atoms with van der Waals surface area (Å²) in [6, 6.07) is 3.70. The van der Waals surface area contributed by atoms with E-state index in [9.17, 15) is 4.79 Å². The van der Waals surface area contributed by atoms with Crippen LogP contribution in [0.1, 0.15) is 0 Å². The van der Waals surface area contributed by atoms with Crippen LogP contribution >= 0.6 is 0 Å². The molecule has 0 atom stereocenters. The van der Waals surface area contributed by atoms with Gasteiger partial charge in [-0.15, -0.1) is 0 Å². The van der Waals surface area contributed by atoms with E-state index in [1.54, 1.807) is 12.3 Å². The molecular weight excluding hydrogens is 204 g/mol. The van der Waals surface area contributed by atoms with Gasteiger partial charge >= 0.3 is 0 Å². The van der Waals surface area contributed by atoms with Crippen LogP contribution in [0.25, 0.3) is 0 Å². The largest absolute Gasteiger partial charge is 0.326 e. The lowest BCUT2D eigenvalue weighted by Gasteiger charge is -2.30. The number of nitrogens with zero attached hydrogens (tertiary/aromatic N) is 2. The van der Waals surface area contributed by atoms with Crippen molar-refractivity contribution in [2.45, 2.75) is 0 Å². The quantitative estimate of drug-likeness (QED) is 0.656. The first-order valence-corrected chi connectivity index (χ1v) is 5.29. The molecule has 0 unspecified atom stereocenters.